The Balaban J connectivity index is 1.18. The van der Waals surface area contributed by atoms with Crippen LogP contribution in [-0.4, -0.2) is 77.7 Å². The standard InChI is InChI=1S/C25H31N7O4S/c1-19-4-2-3-13-31(19)37(34,35)23-11-7-21(8-12-23)26-24(33)18-32-28-25(27-29-32)20-5-9-22(10-6-20)30-14-16-36-17-15-30/h5-12,19H,2-4,13-18H2,1H3,(H,26,33). The molecule has 0 radical (unpaired) electrons. The molecular weight excluding hydrogens is 494 g/mol. The third-order valence-electron chi connectivity index (χ3n) is 6.73. The molecule has 1 amide bonds. The quantitative estimate of drug-likeness (QED) is 0.499. The average molecular weight is 526 g/mol. The number of aromatic nitrogens is 4. The summed E-state index contributed by atoms with van der Waals surface area (Å²) in [4.78, 5) is 16.3. The van der Waals surface area contributed by atoms with Gasteiger partial charge < -0.3 is 15.0 Å². The molecule has 1 unspecified atom stereocenters. The number of amides is 1. The number of benzene rings is 2. The lowest BCUT2D eigenvalue weighted by Crippen LogP contribution is -2.41. The molecule has 0 bridgehead atoms. The molecule has 2 fully saturated rings. The zero-order chi connectivity index (χ0) is 25.8. The van der Waals surface area contributed by atoms with Crippen LogP contribution < -0.4 is 10.2 Å². The predicted octanol–water partition coefficient (Wildman–Crippen LogP) is 2.38. The van der Waals surface area contributed by atoms with Crippen molar-refractivity contribution in [2.24, 2.45) is 0 Å². The second-order valence-electron chi connectivity index (χ2n) is 9.32. The highest BCUT2D eigenvalue weighted by Crippen LogP contribution is 2.26. The normalized spacial score (nSPS) is 19.1. The van der Waals surface area contributed by atoms with Crippen LogP contribution in [0.2, 0.25) is 0 Å². The van der Waals surface area contributed by atoms with Crippen LogP contribution in [0.15, 0.2) is 53.4 Å². The summed E-state index contributed by atoms with van der Waals surface area (Å²) in [6, 6.07) is 14.1. The van der Waals surface area contributed by atoms with Gasteiger partial charge in [0.15, 0.2) is 0 Å². The minimum absolute atomic E-state index is 0.0130. The van der Waals surface area contributed by atoms with E-state index in [9.17, 15) is 13.2 Å². The summed E-state index contributed by atoms with van der Waals surface area (Å²) in [5.74, 6) is 0.0923. The Kier molecular flexibility index (Phi) is 7.49. The summed E-state index contributed by atoms with van der Waals surface area (Å²) in [6.07, 6.45) is 2.78. The van der Waals surface area contributed by atoms with Gasteiger partial charge in [-0.25, -0.2) is 8.42 Å². The van der Waals surface area contributed by atoms with Crippen LogP contribution in [0.5, 0.6) is 0 Å². The molecule has 0 aliphatic carbocycles. The first-order valence-electron chi connectivity index (χ1n) is 12.5. The number of nitrogens with one attached hydrogen (secondary N) is 1. The molecule has 2 saturated heterocycles. The van der Waals surface area contributed by atoms with E-state index in [0.29, 0.717) is 18.1 Å². The average Bonchev–Trinajstić information content (AvgIpc) is 3.38. The van der Waals surface area contributed by atoms with Crippen molar-refractivity contribution < 1.29 is 17.9 Å². The van der Waals surface area contributed by atoms with Crippen molar-refractivity contribution >= 4 is 27.3 Å². The second kappa shape index (κ2) is 11.0. The van der Waals surface area contributed by atoms with Crippen molar-refractivity contribution in [2.45, 2.75) is 43.7 Å². The Labute approximate surface area is 216 Å². The van der Waals surface area contributed by atoms with Crippen molar-refractivity contribution in [1.82, 2.24) is 24.5 Å². The number of hydrogen-bond donors (Lipinski definition) is 1. The molecule has 2 aliphatic rings. The monoisotopic (exact) mass is 525 g/mol. The van der Waals surface area contributed by atoms with E-state index in [1.54, 1.807) is 16.4 Å². The van der Waals surface area contributed by atoms with E-state index in [1.165, 1.54) is 16.9 Å². The largest absolute Gasteiger partial charge is 0.378 e. The number of anilines is 2. The second-order valence-corrected chi connectivity index (χ2v) is 11.2. The Morgan fingerprint density at radius 2 is 1.76 bits per heavy atom. The summed E-state index contributed by atoms with van der Waals surface area (Å²) in [7, 11) is -3.56. The predicted molar refractivity (Wildman–Crippen MR) is 139 cm³/mol. The Morgan fingerprint density at radius 1 is 1.03 bits per heavy atom. The van der Waals surface area contributed by atoms with Crippen LogP contribution in [0, 0.1) is 0 Å². The topological polar surface area (TPSA) is 123 Å². The molecule has 37 heavy (non-hydrogen) atoms. The summed E-state index contributed by atoms with van der Waals surface area (Å²) in [6.45, 7) is 5.52. The van der Waals surface area contributed by atoms with Crippen LogP contribution >= 0.6 is 0 Å². The van der Waals surface area contributed by atoms with Crippen molar-refractivity contribution in [2.75, 3.05) is 43.1 Å². The zero-order valence-corrected chi connectivity index (χ0v) is 21.6. The van der Waals surface area contributed by atoms with Crippen molar-refractivity contribution in [3.05, 3.63) is 48.5 Å². The van der Waals surface area contributed by atoms with Gasteiger partial charge >= 0.3 is 0 Å². The molecule has 1 N–H and O–H groups in total. The zero-order valence-electron chi connectivity index (χ0n) is 20.8. The van der Waals surface area contributed by atoms with Gasteiger partial charge in [0.05, 0.1) is 18.1 Å². The highest BCUT2D eigenvalue weighted by Gasteiger charge is 2.30. The van der Waals surface area contributed by atoms with E-state index in [2.05, 4.69) is 25.6 Å². The maximum absolute atomic E-state index is 13.0. The molecular formula is C25H31N7O4S. The van der Waals surface area contributed by atoms with Crippen molar-refractivity contribution in [3.8, 4) is 11.4 Å². The van der Waals surface area contributed by atoms with Gasteiger partial charge in [-0.15, -0.1) is 10.2 Å². The molecule has 196 valence electrons. The minimum Gasteiger partial charge on any atom is -0.378 e. The lowest BCUT2D eigenvalue weighted by Gasteiger charge is -2.32. The van der Waals surface area contributed by atoms with E-state index in [-0.39, 0.29) is 23.4 Å². The van der Waals surface area contributed by atoms with E-state index in [1.807, 2.05) is 31.2 Å². The number of hydrogen-bond acceptors (Lipinski definition) is 8. The van der Waals surface area contributed by atoms with Crippen LogP contribution in [0.25, 0.3) is 11.4 Å². The number of rotatable bonds is 7. The van der Waals surface area contributed by atoms with Gasteiger partial charge in [0.25, 0.3) is 0 Å². The Bertz CT molecular complexity index is 1320. The number of carbonyl (C=O) groups excluding carboxylic acids is 1. The Hall–Kier alpha value is -3.35. The third-order valence-corrected chi connectivity index (χ3v) is 8.75. The van der Waals surface area contributed by atoms with Gasteiger partial charge in [-0.1, -0.05) is 6.42 Å². The maximum atomic E-state index is 13.0. The van der Waals surface area contributed by atoms with Gasteiger partial charge in [-0.05, 0) is 73.5 Å². The Morgan fingerprint density at radius 3 is 2.46 bits per heavy atom. The van der Waals surface area contributed by atoms with Crippen molar-refractivity contribution in [1.29, 1.82) is 0 Å². The molecule has 3 aromatic rings. The molecule has 1 aromatic heterocycles. The molecule has 1 atom stereocenters. The molecule has 2 aromatic carbocycles. The van der Waals surface area contributed by atoms with Crippen LogP contribution in [-0.2, 0) is 26.1 Å². The number of piperidine rings is 1. The number of morpholine rings is 1. The highest BCUT2D eigenvalue weighted by atomic mass is 32.2. The summed E-state index contributed by atoms with van der Waals surface area (Å²) < 4.78 is 33.0. The van der Waals surface area contributed by atoms with Crippen LogP contribution in [0.4, 0.5) is 11.4 Å². The summed E-state index contributed by atoms with van der Waals surface area (Å²) in [5, 5.41) is 15.2. The van der Waals surface area contributed by atoms with E-state index >= 15 is 0 Å². The summed E-state index contributed by atoms with van der Waals surface area (Å²) in [5.41, 5.74) is 2.42. The van der Waals surface area contributed by atoms with Crippen molar-refractivity contribution in [3.63, 3.8) is 0 Å². The third kappa shape index (κ3) is 5.81. The lowest BCUT2D eigenvalue weighted by atomic mass is 10.1. The number of ether oxygens (including phenoxy) is 1. The molecule has 3 heterocycles. The number of sulfonamides is 1. The molecule has 0 saturated carbocycles. The molecule has 5 rings (SSSR count). The number of nitrogens with zero attached hydrogens (tertiary/aromatic N) is 6. The number of carbonyl (C=O) groups is 1. The molecule has 2 aliphatic heterocycles. The molecule has 0 spiro atoms. The van der Waals surface area contributed by atoms with Gasteiger partial charge in [0.2, 0.25) is 21.8 Å². The van der Waals surface area contributed by atoms with E-state index in [0.717, 1.165) is 56.8 Å². The SMILES string of the molecule is CC1CCCCN1S(=O)(=O)c1ccc(NC(=O)Cn2nnc(-c3ccc(N4CCOCC4)cc3)n2)cc1. The van der Waals surface area contributed by atoms with Crippen LogP contribution in [0.1, 0.15) is 26.2 Å². The maximum Gasteiger partial charge on any atom is 0.248 e. The lowest BCUT2D eigenvalue weighted by molar-refractivity contribution is -0.117. The first-order chi connectivity index (χ1) is 17.9. The van der Waals surface area contributed by atoms with Gasteiger partial charge in [-0.2, -0.15) is 9.10 Å². The molecule has 11 nitrogen and oxygen atoms in total. The van der Waals surface area contributed by atoms with Gasteiger partial charge in [0.1, 0.15) is 6.54 Å². The van der Waals surface area contributed by atoms with Gasteiger partial charge in [-0.3, -0.25) is 4.79 Å². The number of tetrazole rings is 1. The fourth-order valence-corrected chi connectivity index (χ4v) is 6.37. The van der Waals surface area contributed by atoms with E-state index < -0.39 is 10.0 Å². The minimum atomic E-state index is -3.56. The molecule has 12 heteroatoms. The fourth-order valence-electron chi connectivity index (χ4n) is 4.67. The fraction of sp³-hybridized carbons (Fsp3) is 0.440. The van der Waals surface area contributed by atoms with Crippen LogP contribution in [0.3, 0.4) is 0 Å². The first kappa shape index (κ1) is 25.3. The smallest absolute Gasteiger partial charge is 0.248 e. The van der Waals surface area contributed by atoms with Gasteiger partial charge in [0, 0.05) is 42.6 Å². The summed E-state index contributed by atoms with van der Waals surface area (Å²) >= 11 is 0. The first-order valence-corrected chi connectivity index (χ1v) is 14.0. The highest BCUT2D eigenvalue weighted by molar-refractivity contribution is 7.89. The van der Waals surface area contributed by atoms with E-state index in [4.69, 9.17) is 4.74 Å².